The van der Waals surface area contributed by atoms with Crippen LogP contribution in [0.2, 0.25) is 0 Å². The Morgan fingerprint density at radius 1 is 1.09 bits per heavy atom. The number of alkyl halides is 3. The lowest BCUT2D eigenvalue weighted by atomic mass is 10.2. The van der Waals surface area contributed by atoms with E-state index in [1.54, 1.807) is 20.8 Å². The molecular formula is C22H25F3N2O6S. The number of benzene rings is 2. The molecule has 0 atom stereocenters. The number of urea groups is 1. The molecule has 0 aliphatic heterocycles. The zero-order valence-electron chi connectivity index (χ0n) is 18.8. The largest absolute Gasteiger partial charge is 0.465 e. The average molecular weight is 503 g/mol. The van der Waals surface area contributed by atoms with Crippen molar-refractivity contribution in [3.8, 4) is 5.75 Å². The maximum atomic E-state index is 12.9. The summed E-state index contributed by atoms with van der Waals surface area (Å²) in [5.41, 5.74) is -0.480. The zero-order valence-corrected chi connectivity index (χ0v) is 19.6. The number of esters is 1. The highest BCUT2D eigenvalue weighted by Crippen LogP contribution is 2.31. The van der Waals surface area contributed by atoms with Crippen LogP contribution in [0.4, 0.5) is 18.0 Å². The minimum absolute atomic E-state index is 0.107. The van der Waals surface area contributed by atoms with Gasteiger partial charge >= 0.3 is 28.3 Å². The summed E-state index contributed by atoms with van der Waals surface area (Å²) in [7, 11) is -4.50. The number of hydrogen-bond acceptors (Lipinski definition) is 6. The molecule has 0 aromatic heterocycles. The van der Waals surface area contributed by atoms with Crippen molar-refractivity contribution < 1.29 is 40.1 Å². The van der Waals surface area contributed by atoms with Crippen LogP contribution in [0.5, 0.6) is 5.75 Å². The lowest BCUT2D eigenvalue weighted by Gasteiger charge is -2.27. The molecule has 1 N–H and O–H groups in total. The summed E-state index contributed by atoms with van der Waals surface area (Å²) in [4.78, 5) is 24.7. The highest BCUT2D eigenvalue weighted by Gasteiger charge is 2.32. The Morgan fingerprint density at radius 3 is 2.29 bits per heavy atom. The van der Waals surface area contributed by atoms with Gasteiger partial charge in [0.1, 0.15) is 17.2 Å². The molecule has 34 heavy (non-hydrogen) atoms. The van der Waals surface area contributed by atoms with Gasteiger partial charge in [0.15, 0.2) is 0 Å². The van der Waals surface area contributed by atoms with E-state index >= 15 is 0 Å². The number of halogens is 3. The SMILES string of the molecule is CCOC(=O)CNC(=O)N(Cc1ccc(OS(=O)(=O)c2cccc(C(F)(F)F)c2)cc1)C(C)C. The van der Waals surface area contributed by atoms with E-state index in [1.807, 2.05) is 0 Å². The number of amides is 2. The highest BCUT2D eigenvalue weighted by molar-refractivity contribution is 7.87. The molecule has 12 heteroatoms. The number of ether oxygens (including phenoxy) is 1. The van der Waals surface area contributed by atoms with Gasteiger partial charge in [-0.25, -0.2) is 4.79 Å². The molecule has 0 radical (unpaired) electrons. The van der Waals surface area contributed by atoms with Crippen LogP contribution in [0, 0.1) is 0 Å². The first kappa shape index (κ1) is 27.0. The summed E-state index contributed by atoms with van der Waals surface area (Å²) >= 11 is 0. The third-order valence-electron chi connectivity index (χ3n) is 4.51. The Hall–Kier alpha value is -3.28. The average Bonchev–Trinajstić information content (AvgIpc) is 2.76. The van der Waals surface area contributed by atoms with E-state index in [0.717, 1.165) is 18.2 Å². The number of nitrogens with one attached hydrogen (secondary N) is 1. The molecule has 0 heterocycles. The predicted molar refractivity (Wildman–Crippen MR) is 116 cm³/mol. The standard InChI is InChI=1S/C22H25F3N2O6S/c1-4-32-20(28)13-26-21(29)27(15(2)3)14-16-8-10-18(11-9-16)33-34(30,31)19-7-5-6-17(12-19)22(23,24)25/h5-12,15H,4,13-14H2,1-3H3,(H,26,29). The van der Waals surface area contributed by atoms with Gasteiger partial charge in [0.05, 0.1) is 12.2 Å². The van der Waals surface area contributed by atoms with Crippen LogP contribution in [0.15, 0.2) is 53.4 Å². The quantitative estimate of drug-likeness (QED) is 0.412. The molecule has 2 aromatic carbocycles. The molecule has 0 saturated carbocycles. The van der Waals surface area contributed by atoms with Gasteiger partial charge in [-0.3, -0.25) is 4.79 Å². The molecule has 0 fully saturated rings. The van der Waals surface area contributed by atoms with Crippen molar-refractivity contribution in [1.29, 1.82) is 0 Å². The van der Waals surface area contributed by atoms with Crippen molar-refractivity contribution in [2.24, 2.45) is 0 Å². The molecule has 0 spiro atoms. The topological polar surface area (TPSA) is 102 Å². The van der Waals surface area contributed by atoms with Gasteiger partial charge in [-0.05, 0) is 56.7 Å². The molecule has 0 aliphatic carbocycles. The Kier molecular flexibility index (Phi) is 8.91. The minimum Gasteiger partial charge on any atom is -0.465 e. The normalized spacial score (nSPS) is 11.7. The van der Waals surface area contributed by atoms with Crippen molar-refractivity contribution in [2.45, 2.75) is 44.4 Å². The molecule has 0 unspecified atom stereocenters. The first-order valence-corrected chi connectivity index (χ1v) is 11.6. The summed E-state index contributed by atoms with van der Waals surface area (Å²) in [5.74, 6) is -0.674. The molecule has 0 bridgehead atoms. The second kappa shape index (κ2) is 11.2. The van der Waals surface area contributed by atoms with Crippen LogP contribution in [-0.2, 0) is 32.4 Å². The maximum absolute atomic E-state index is 12.9. The van der Waals surface area contributed by atoms with Crippen LogP contribution in [0.1, 0.15) is 31.9 Å². The van der Waals surface area contributed by atoms with Gasteiger partial charge in [-0.15, -0.1) is 0 Å². The van der Waals surface area contributed by atoms with E-state index in [2.05, 4.69) is 5.32 Å². The van der Waals surface area contributed by atoms with Gasteiger partial charge in [-0.1, -0.05) is 18.2 Å². The molecular weight excluding hydrogens is 477 g/mol. The molecule has 0 saturated heterocycles. The van der Waals surface area contributed by atoms with Crippen LogP contribution in [-0.4, -0.2) is 44.5 Å². The summed E-state index contributed by atoms with van der Waals surface area (Å²) < 4.78 is 73.2. The lowest BCUT2D eigenvalue weighted by molar-refractivity contribution is -0.142. The Morgan fingerprint density at radius 2 is 1.74 bits per heavy atom. The summed E-state index contributed by atoms with van der Waals surface area (Å²) in [5, 5.41) is 2.47. The van der Waals surface area contributed by atoms with Crippen LogP contribution in [0.25, 0.3) is 0 Å². The Bertz CT molecular complexity index is 1100. The van der Waals surface area contributed by atoms with Crippen molar-refractivity contribution >= 4 is 22.1 Å². The second-order valence-corrected chi connectivity index (χ2v) is 8.94. The zero-order chi connectivity index (χ0) is 25.5. The van der Waals surface area contributed by atoms with E-state index in [1.165, 1.54) is 29.2 Å². The van der Waals surface area contributed by atoms with Crippen molar-refractivity contribution in [3.05, 3.63) is 59.7 Å². The third-order valence-corrected chi connectivity index (χ3v) is 5.75. The fraction of sp³-hybridized carbons (Fsp3) is 0.364. The minimum atomic E-state index is -4.70. The van der Waals surface area contributed by atoms with Crippen LogP contribution >= 0.6 is 0 Å². The highest BCUT2D eigenvalue weighted by atomic mass is 32.2. The van der Waals surface area contributed by atoms with Gasteiger partial charge in [-0.2, -0.15) is 21.6 Å². The fourth-order valence-corrected chi connectivity index (χ4v) is 3.78. The lowest BCUT2D eigenvalue weighted by Crippen LogP contribution is -2.45. The Labute approximate surface area is 195 Å². The molecule has 8 nitrogen and oxygen atoms in total. The second-order valence-electron chi connectivity index (χ2n) is 7.39. The van der Waals surface area contributed by atoms with Gasteiger partial charge in [0.2, 0.25) is 0 Å². The number of hydrogen-bond donors (Lipinski definition) is 1. The molecule has 186 valence electrons. The molecule has 2 rings (SSSR count). The van der Waals surface area contributed by atoms with E-state index in [4.69, 9.17) is 8.92 Å². The molecule has 2 amide bonds. The van der Waals surface area contributed by atoms with E-state index in [-0.39, 0.29) is 31.5 Å². The monoisotopic (exact) mass is 502 g/mol. The first-order chi connectivity index (χ1) is 15.8. The van der Waals surface area contributed by atoms with Crippen molar-refractivity contribution in [2.75, 3.05) is 13.2 Å². The van der Waals surface area contributed by atoms with Crippen molar-refractivity contribution in [1.82, 2.24) is 10.2 Å². The summed E-state index contributed by atoms with van der Waals surface area (Å²) in [6, 6.07) is 8.23. The van der Waals surface area contributed by atoms with Gasteiger partial charge in [0.25, 0.3) is 0 Å². The number of rotatable bonds is 9. The molecule has 0 aliphatic rings. The third kappa shape index (κ3) is 7.65. The van der Waals surface area contributed by atoms with Crippen LogP contribution < -0.4 is 9.50 Å². The Balaban J connectivity index is 2.09. The predicted octanol–water partition coefficient (Wildman–Crippen LogP) is 3.96. The smallest absolute Gasteiger partial charge is 0.416 e. The summed E-state index contributed by atoms with van der Waals surface area (Å²) in [6.07, 6.45) is -4.70. The van der Waals surface area contributed by atoms with E-state index in [9.17, 15) is 31.2 Å². The first-order valence-electron chi connectivity index (χ1n) is 10.2. The van der Waals surface area contributed by atoms with E-state index < -0.39 is 38.8 Å². The van der Waals surface area contributed by atoms with E-state index in [0.29, 0.717) is 11.6 Å². The van der Waals surface area contributed by atoms with Gasteiger partial charge in [0, 0.05) is 12.6 Å². The van der Waals surface area contributed by atoms with Gasteiger partial charge < -0.3 is 19.1 Å². The molecule has 2 aromatic rings. The number of carbonyl (C=O) groups excluding carboxylic acids is 2. The van der Waals surface area contributed by atoms with Crippen LogP contribution in [0.3, 0.4) is 0 Å². The summed E-state index contributed by atoms with van der Waals surface area (Å²) in [6.45, 7) is 5.27. The number of nitrogens with zero attached hydrogens (tertiary/aromatic N) is 1. The fourth-order valence-electron chi connectivity index (χ4n) is 2.80. The maximum Gasteiger partial charge on any atom is 0.416 e. The van der Waals surface area contributed by atoms with Crippen molar-refractivity contribution in [3.63, 3.8) is 0 Å². The number of carbonyl (C=O) groups is 2.